The lowest BCUT2D eigenvalue weighted by Gasteiger charge is -2.12. The van der Waals surface area contributed by atoms with E-state index in [-0.39, 0.29) is 0 Å². The van der Waals surface area contributed by atoms with Crippen molar-refractivity contribution in [3.8, 4) is 11.8 Å². The topological polar surface area (TPSA) is 53.2 Å². The average molecular weight is 714 g/mol. The molecule has 0 radical (unpaired) electrons. The summed E-state index contributed by atoms with van der Waals surface area (Å²) in [6, 6.07) is 58.5. The monoisotopic (exact) mass is 713 g/mol. The van der Waals surface area contributed by atoms with Gasteiger partial charge in [-0.2, -0.15) is 4.98 Å². The molecule has 6 nitrogen and oxygen atoms in total. The number of rotatable bonds is 2. The van der Waals surface area contributed by atoms with Gasteiger partial charge in [0.2, 0.25) is 5.95 Å². The normalized spacial score (nSPS) is 12.6. The van der Waals surface area contributed by atoms with E-state index in [1.54, 1.807) is 0 Å². The van der Waals surface area contributed by atoms with Gasteiger partial charge in [-0.05, 0) is 59.3 Å². The number of furan rings is 1. The maximum absolute atomic E-state index is 6.85. The van der Waals surface area contributed by atoms with Crippen LogP contribution < -0.4 is 0 Å². The first-order chi connectivity index (χ1) is 27.8. The highest BCUT2D eigenvalue weighted by Gasteiger charge is 2.28. The summed E-state index contributed by atoms with van der Waals surface area (Å²) >= 11 is 0. The predicted octanol–water partition coefficient (Wildman–Crippen LogP) is 12.9. The van der Waals surface area contributed by atoms with Gasteiger partial charge in [0.1, 0.15) is 11.1 Å². The van der Waals surface area contributed by atoms with Crippen LogP contribution in [0.1, 0.15) is 0 Å². The molecule has 0 saturated carbocycles. The fourth-order valence-electron chi connectivity index (χ4n) is 9.96. The maximum Gasteiger partial charge on any atom is 0.237 e. The first-order valence-corrected chi connectivity index (χ1v) is 19.0. The number of hydrogen-bond acceptors (Lipinski definition) is 3. The second-order valence-corrected chi connectivity index (χ2v) is 14.9. The molecular weight excluding hydrogens is 687 g/mol. The number of benzene rings is 8. The van der Waals surface area contributed by atoms with Gasteiger partial charge in [-0.25, -0.2) is 4.98 Å². The zero-order valence-electron chi connectivity index (χ0n) is 29.7. The van der Waals surface area contributed by atoms with Gasteiger partial charge in [0, 0.05) is 48.5 Å². The zero-order valence-corrected chi connectivity index (χ0v) is 29.7. The van der Waals surface area contributed by atoms with E-state index in [4.69, 9.17) is 14.4 Å². The van der Waals surface area contributed by atoms with Gasteiger partial charge >= 0.3 is 0 Å². The van der Waals surface area contributed by atoms with E-state index in [9.17, 15) is 0 Å². The van der Waals surface area contributed by atoms with Crippen molar-refractivity contribution in [2.75, 3.05) is 0 Å². The Labute approximate surface area is 317 Å². The third-order valence-electron chi connectivity index (χ3n) is 12.2. The zero-order chi connectivity index (χ0) is 36.2. The molecule has 0 fully saturated rings. The van der Waals surface area contributed by atoms with Crippen molar-refractivity contribution in [1.82, 2.24) is 23.5 Å². The molecular formula is C50H27N5O. The number of fused-ring (bicyclic) bond motifs is 18. The number of para-hydroxylation sites is 5. The van der Waals surface area contributed by atoms with Crippen LogP contribution in [0.4, 0.5) is 0 Å². The molecule has 0 amide bonds. The van der Waals surface area contributed by atoms with Crippen molar-refractivity contribution in [2.24, 2.45) is 0 Å². The SMILES string of the molecule is c1ccc2c(c1)ccc1c2c2c3c4ccccc4n4c5ccccc5c(cc2n1-c1nc(-n2c5ccccc5c5ccccc52)nc2c1oc1ccccc12)c34. The molecule has 0 atom stereocenters. The molecule has 56 heavy (non-hydrogen) atoms. The Morgan fingerprint density at radius 1 is 0.393 bits per heavy atom. The van der Waals surface area contributed by atoms with Crippen molar-refractivity contribution in [3.63, 3.8) is 0 Å². The van der Waals surface area contributed by atoms with Gasteiger partial charge in [-0.15, -0.1) is 0 Å². The standard InChI is InChI=1S/C50H27N5O/c1-2-14-29-28(13-1)25-26-40-43(29)45-41(27-35-32-17-5-8-20-36(32)53-39-23-11-6-18-33(39)44(45)47(35)53)54(40)49-48-46(34-19-7-12-24-42(34)56-48)51-50(52-49)55-37-21-9-3-15-30(37)31-16-4-10-22-38(31)55/h1-27H. The minimum Gasteiger partial charge on any atom is -0.450 e. The molecule has 14 rings (SSSR count). The lowest BCUT2D eigenvalue weighted by Crippen LogP contribution is -2.06. The molecule has 258 valence electrons. The minimum absolute atomic E-state index is 0.597. The van der Waals surface area contributed by atoms with Crippen LogP contribution in [0, 0.1) is 0 Å². The summed E-state index contributed by atoms with van der Waals surface area (Å²) in [5.74, 6) is 1.31. The molecule has 6 heteroatoms. The Balaban J connectivity index is 1.25. The summed E-state index contributed by atoms with van der Waals surface area (Å²) < 4.78 is 13.9. The van der Waals surface area contributed by atoms with Crippen molar-refractivity contribution < 1.29 is 4.42 Å². The van der Waals surface area contributed by atoms with Gasteiger partial charge < -0.3 is 8.82 Å². The van der Waals surface area contributed by atoms with Crippen LogP contribution in [-0.4, -0.2) is 23.5 Å². The third-order valence-corrected chi connectivity index (χ3v) is 12.2. The van der Waals surface area contributed by atoms with Crippen LogP contribution in [-0.2, 0) is 0 Å². The first kappa shape index (κ1) is 28.8. The van der Waals surface area contributed by atoms with E-state index in [1.165, 1.54) is 59.6 Å². The number of nitrogens with zero attached hydrogens (tertiary/aromatic N) is 5. The summed E-state index contributed by atoms with van der Waals surface area (Å²) in [5, 5.41) is 13.0. The van der Waals surface area contributed by atoms with Gasteiger partial charge in [0.15, 0.2) is 11.4 Å². The smallest absolute Gasteiger partial charge is 0.237 e. The fraction of sp³-hybridized carbons (Fsp3) is 0. The van der Waals surface area contributed by atoms with E-state index in [0.29, 0.717) is 17.3 Å². The van der Waals surface area contributed by atoms with Crippen molar-refractivity contribution in [2.45, 2.75) is 0 Å². The largest absolute Gasteiger partial charge is 0.450 e. The molecule has 0 bridgehead atoms. The van der Waals surface area contributed by atoms with E-state index in [1.807, 2.05) is 12.1 Å². The van der Waals surface area contributed by atoms with Crippen LogP contribution >= 0.6 is 0 Å². The lowest BCUT2D eigenvalue weighted by atomic mass is 9.99. The molecule has 6 aromatic heterocycles. The molecule has 0 aliphatic carbocycles. The molecule has 0 unspecified atom stereocenters. The molecule has 0 saturated heterocycles. The molecule has 0 N–H and O–H groups in total. The Hall–Kier alpha value is -7.70. The average Bonchev–Trinajstić information content (AvgIpc) is 4.05. The van der Waals surface area contributed by atoms with Gasteiger partial charge in [-0.1, -0.05) is 115 Å². The molecule has 0 aliphatic heterocycles. The lowest BCUT2D eigenvalue weighted by molar-refractivity contribution is 0.661. The van der Waals surface area contributed by atoms with Crippen molar-refractivity contribution >= 4 is 115 Å². The molecule has 6 heterocycles. The van der Waals surface area contributed by atoms with Gasteiger partial charge in [0.05, 0.1) is 38.6 Å². The number of aromatic nitrogens is 5. The van der Waals surface area contributed by atoms with E-state index >= 15 is 0 Å². The highest BCUT2D eigenvalue weighted by molar-refractivity contribution is 6.38. The highest BCUT2D eigenvalue weighted by atomic mass is 16.3. The molecule has 14 aromatic rings. The Morgan fingerprint density at radius 3 is 1.73 bits per heavy atom. The van der Waals surface area contributed by atoms with Crippen molar-refractivity contribution in [1.29, 1.82) is 0 Å². The van der Waals surface area contributed by atoms with Crippen LogP contribution in [0.5, 0.6) is 0 Å². The second kappa shape index (κ2) is 10.1. The maximum atomic E-state index is 6.85. The summed E-state index contributed by atoms with van der Waals surface area (Å²) in [6.07, 6.45) is 0. The summed E-state index contributed by atoms with van der Waals surface area (Å²) in [4.78, 5) is 11.0. The fourth-order valence-corrected chi connectivity index (χ4v) is 9.96. The van der Waals surface area contributed by atoms with Gasteiger partial charge in [-0.3, -0.25) is 9.13 Å². The molecule has 0 aliphatic rings. The minimum atomic E-state index is 0.597. The summed E-state index contributed by atoms with van der Waals surface area (Å²) in [5.41, 5.74) is 10.1. The molecule has 0 spiro atoms. The van der Waals surface area contributed by atoms with E-state index in [2.05, 4.69) is 165 Å². The van der Waals surface area contributed by atoms with E-state index < -0.39 is 0 Å². The van der Waals surface area contributed by atoms with Crippen LogP contribution in [0.2, 0.25) is 0 Å². The second-order valence-electron chi connectivity index (χ2n) is 14.9. The predicted molar refractivity (Wildman–Crippen MR) is 230 cm³/mol. The molecule has 8 aromatic carbocycles. The Kier molecular flexibility index (Phi) is 5.18. The Bertz CT molecular complexity index is 3960. The first-order valence-electron chi connectivity index (χ1n) is 19.0. The highest BCUT2D eigenvalue weighted by Crippen LogP contribution is 2.48. The summed E-state index contributed by atoms with van der Waals surface area (Å²) in [6.45, 7) is 0. The van der Waals surface area contributed by atoms with Crippen LogP contribution in [0.3, 0.4) is 0 Å². The van der Waals surface area contributed by atoms with E-state index in [0.717, 1.165) is 49.3 Å². The van der Waals surface area contributed by atoms with Crippen LogP contribution in [0.15, 0.2) is 168 Å². The Morgan fingerprint density at radius 2 is 0.982 bits per heavy atom. The van der Waals surface area contributed by atoms with Gasteiger partial charge in [0.25, 0.3) is 0 Å². The van der Waals surface area contributed by atoms with Crippen molar-refractivity contribution in [3.05, 3.63) is 164 Å². The van der Waals surface area contributed by atoms with Crippen LogP contribution in [0.25, 0.3) is 126 Å². The quantitative estimate of drug-likeness (QED) is 0.179. The third kappa shape index (κ3) is 3.39. The number of hydrogen-bond donors (Lipinski definition) is 0. The summed E-state index contributed by atoms with van der Waals surface area (Å²) in [7, 11) is 0.